The molecular weight excluding hydrogens is 294 g/mol. The summed E-state index contributed by atoms with van der Waals surface area (Å²) in [5.41, 5.74) is 0.251. The Morgan fingerprint density at radius 2 is 2.05 bits per heavy atom. The molecule has 2 N–H and O–H groups in total. The van der Waals surface area contributed by atoms with Crippen LogP contribution in [-0.4, -0.2) is 50.7 Å². The van der Waals surface area contributed by atoms with Crippen molar-refractivity contribution in [1.82, 2.24) is 14.9 Å². The third-order valence-corrected chi connectivity index (χ3v) is 3.63. The Bertz CT molecular complexity index is 598. The standard InChI is InChI=1S/C13H19N3O4S/c1-7(2)16(6-5-9(17)18)12(19)10-8(3)14-13(20)15-11(10)21-4/h7H,5-6H2,1-4H3,(H,17,18)(H,14,15,20). The molecule has 8 heteroatoms. The van der Waals surface area contributed by atoms with Crippen LogP contribution < -0.4 is 5.69 Å². The van der Waals surface area contributed by atoms with Crippen LogP contribution >= 0.6 is 11.8 Å². The van der Waals surface area contributed by atoms with Crippen molar-refractivity contribution in [2.75, 3.05) is 12.8 Å². The average Bonchev–Trinajstić information content (AvgIpc) is 2.36. The van der Waals surface area contributed by atoms with Gasteiger partial charge < -0.3 is 15.0 Å². The predicted molar refractivity (Wildman–Crippen MR) is 79.8 cm³/mol. The second kappa shape index (κ2) is 7.26. The maximum atomic E-state index is 12.7. The molecule has 1 rings (SSSR count). The zero-order chi connectivity index (χ0) is 16.2. The first-order valence-corrected chi connectivity index (χ1v) is 7.68. The number of carboxylic acids is 1. The van der Waals surface area contributed by atoms with Crippen LogP contribution in [0.4, 0.5) is 0 Å². The van der Waals surface area contributed by atoms with Crippen molar-refractivity contribution in [3.63, 3.8) is 0 Å². The number of aryl methyl sites for hydroxylation is 1. The Hall–Kier alpha value is -1.83. The van der Waals surface area contributed by atoms with Gasteiger partial charge in [-0.2, -0.15) is 4.98 Å². The van der Waals surface area contributed by atoms with Gasteiger partial charge in [-0.15, -0.1) is 11.8 Å². The number of rotatable bonds is 6. The van der Waals surface area contributed by atoms with E-state index in [2.05, 4.69) is 9.97 Å². The van der Waals surface area contributed by atoms with Crippen molar-refractivity contribution in [3.05, 3.63) is 21.7 Å². The van der Waals surface area contributed by atoms with E-state index in [-0.39, 0.29) is 24.9 Å². The summed E-state index contributed by atoms with van der Waals surface area (Å²) in [5, 5.41) is 9.14. The molecule has 0 aromatic carbocycles. The number of nitrogens with one attached hydrogen (secondary N) is 1. The van der Waals surface area contributed by atoms with Crippen molar-refractivity contribution in [1.29, 1.82) is 0 Å². The number of carbonyl (C=O) groups is 2. The molecule has 0 saturated carbocycles. The van der Waals surface area contributed by atoms with E-state index in [1.54, 1.807) is 13.2 Å². The number of hydrogen-bond donors (Lipinski definition) is 2. The average molecular weight is 313 g/mol. The summed E-state index contributed by atoms with van der Waals surface area (Å²) in [7, 11) is 0. The lowest BCUT2D eigenvalue weighted by Gasteiger charge is -2.27. The van der Waals surface area contributed by atoms with E-state index < -0.39 is 11.7 Å². The Morgan fingerprint density at radius 1 is 1.43 bits per heavy atom. The van der Waals surface area contributed by atoms with Crippen LogP contribution in [0.1, 0.15) is 36.3 Å². The van der Waals surface area contributed by atoms with Crippen LogP contribution in [0.25, 0.3) is 0 Å². The molecule has 0 atom stereocenters. The number of aliphatic carboxylic acids is 1. The smallest absolute Gasteiger partial charge is 0.346 e. The molecule has 116 valence electrons. The first-order chi connectivity index (χ1) is 9.77. The molecule has 7 nitrogen and oxygen atoms in total. The Labute approximate surface area is 126 Å². The Morgan fingerprint density at radius 3 is 2.52 bits per heavy atom. The summed E-state index contributed by atoms with van der Waals surface area (Å²) in [5.74, 6) is -1.29. The zero-order valence-electron chi connectivity index (χ0n) is 12.5. The van der Waals surface area contributed by atoms with Gasteiger partial charge >= 0.3 is 11.7 Å². The molecule has 0 aliphatic rings. The summed E-state index contributed by atoms with van der Waals surface area (Å²) in [4.78, 5) is 42.5. The molecule has 1 amide bonds. The Kier molecular flexibility index (Phi) is 5.95. The van der Waals surface area contributed by atoms with Gasteiger partial charge in [-0.05, 0) is 27.0 Å². The van der Waals surface area contributed by atoms with Crippen molar-refractivity contribution < 1.29 is 14.7 Å². The molecule has 0 unspecified atom stereocenters. The fourth-order valence-electron chi connectivity index (χ4n) is 1.91. The number of nitrogens with zero attached hydrogens (tertiary/aromatic N) is 2. The van der Waals surface area contributed by atoms with E-state index >= 15 is 0 Å². The highest BCUT2D eigenvalue weighted by Crippen LogP contribution is 2.21. The van der Waals surface area contributed by atoms with Crippen LogP contribution in [-0.2, 0) is 4.79 Å². The number of carbonyl (C=O) groups excluding carboxylic acids is 1. The number of hydrogen-bond acceptors (Lipinski definition) is 5. The van der Waals surface area contributed by atoms with E-state index in [0.29, 0.717) is 16.3 Å². The van der Waals surface area contributed by atoms with E-state index in [1.165, 1.54) is 16.7 Å². The molecule has 0 aliphatic heterocycles. The molecule has 1 aromatic rings. The molecule has 0 aliphatic carbocycles. The van der Waals surface area contributed by atoms with Gasteiger partial charge in [0.1, 0.15) is 5.03 Å². The van der Waals surface area contributed by atoms with Gasteiger partial charge in [0, 0.05) is 18.3 Å². The number of aromatic amines is 1. The molecule has 21 heavy (non-hydrogen) atoms. The van der Waals surface area contributed by atoms with Gasteiger partial charge in [-0.1, -0.05) is 0 Å². The number of aromatic nitrogens is 2. The van der Waals surface area contributed by atoms with Crippen molar-refractivity contribution in [2.24, 2.45) is 0 Å². The molecule has 0 bridgehead atoms. The quantitative estimate of drug-likeness (QED) is 0.602. The topological polar surface area (TPSA) is 103 Å². The van der Waals surface area contributed by atoms with E-state index in [1.807, 2.05) is 13.8 Å². The highest BCUT2D eigenvalue weighted by molar-refractivity contribution is 7.98. The van der Waals surface area contributed by atoms with E-state index in [0.717, 1.165) is 0 Å². The van der Waals surface area contributed by atoms with Gasteiger partial charge in [0.15, 0.2) is 0 Å². The van der Waals surface area contributed by atoms with Crippen molar-refractivity contribution in [3.8, 4) is 0 Å². The highest BCUT2D eigenvalue weighted by atomic mass is 32.2. The summed E-state index contributed by atoms with van der Waals surface area (Å²) < 4.78 is 0. The summed E-state index contributed by atoms with van der Waals surface area (Å²) in [6.07, 6.45) is 1.60. The first-order valence-electron chi connectivity index (χ1n) is 6.45. The minimum Gasteiger partial charge on any atom is -0.481 e. The fourth-order valence-corrected chi connectivity index (χ4v) is 2.53. The molecule has 0 spiro atoms. The zero-order valence-corrected chi connectivity index (χ0v) is 13.3. The van der Waals surface area contributed by atoms with Crippen LogP contribution in [0.5, 0.6) is 0 Å². The molecule has 1 heterocycles. The third-order valence-electron chi connectivity index (χ3n) is 2.94. The minimum absolute atomic E-state index is 0.109. The highest BCUT2D eigenvalue weighted by Gasteiger charge is 2.25. The largest absolute Gasteiger partial charge is 0.481 e. The summed E-state index contributed by atoms with van der Waals surface area (Å²) >= 11 is 1.21. The number of thioether (sulfide) groups is 1. The molecule has 0 radical (unpaired) electrons. The SMILES string of the molecule is CSc1nc(=O)[nH]c(C)c1C(=O)N(CCC(=O)O)C(C)C. The van der Waals surface area contributed by atoms with Gasteiger partial charge in [0.05, 0.1) is 12.0 Å². The van der Waals surface area contributed by atoms with E-state index in [9.17, 15) is 14.4 Å². The maximum absolute atomic E-state index is 12.7. The lowest BCUT2D eigenvalue weighted by molar-refractivity contribution is -0.137. The van der Waals surface area contributed by atoms with Gasteiger partial charge in [0.25, 0.3) is 5.91 Å². The Balaban J connectivity index is 3.20. The molecule has 1 aromatic heterocycles. The first kappa shape index (κ1) is 17.2. The second-order valence-corrected chi connectivity index (χ2v) is 5.58. The summed E-state index contributed by atoms with van der Waals surface area (Å²) in [6, 6.07) is -0.155. The second-order valence-electron chi connectivity index (χ2n) is 4.79. The monoisotopic (exact) mass is 313 g/mol. The lowest BCUT2D eigenvalue weighted by Crippen LogP contribution is -2.39. The van der Waals surface area contributed by atoms with Gasteiger partial charge in [0.2, 0.25) is 0 Å². The molecular formula is C13H19N3O4S. The van der Waals surface area contributed by atoms with Crippen molar-refractivity contribution >= 4 is 23.6 Å². The normalized spacial score (nSPS) is 10.7. The van der Waals surface area contributed by atoms with Crippen LogP contribution in [0.3, 0.4) is 0 Å². The van der Waals surface area contributed by atoms with Crippen molar-refractivity contribution in [2.45, 2.75) is 38.3 Å². The number of H-pyrrole nitrogens is 1. The summed E-state index contributed by atoms with van der Waals surface area (Å²) in [6.45, 7) is 5.36. The fraction of sp³-hybridized carbons (Fsp3) is 0.538. The van der Waals surface area contributed by atoms with Crippen LogP contribution in [0.15, 0.2) is 9.82 Å². The minimum atomic E-state index is -0.963. The van der Waals surface area contributed by atoms with Crippen LogP contribution in [0.2, 0.25) is 0 Å². The number of carboxylic acid groups (broad SMARTS) is 1. The maximum Gasteiger partial charge on any atom is 0.346 e. The number of amides is 1. The molecule has 0 fully saturated rings. The lowest BCUT2D eigenvalue weighted by atomic mass is 10.1. The van der Waals surface area contributed by atoms with Crippen LogP contribution in [0, 0.1) is 6.92 Å². The van der Waals surface area contributed by atoms with Gasteiger partial charge in [-0.25, -0.2) is 4.79 Å². The molecule has 0 saturated heterocycles. The third kappa shape index (κ3) is 4.32. The predicted octanol–water partition coefficient (Wildman–Crippen LogP) is 1.13. The van der Waals surface area contributed by atoms with Gasteiger partial charge in [-0.3, -0.25) is 9.59 Å². The van der Waals surface area contributed by atoms with E-state index in [4.69, 9.17) is 5.11 Å².